The van der Waals surface area contributed by atoms with Crippen LogP contribution in [0.2, 0.25) is 0 Å². The third-order valence-corrected chi connectivity index (χ3v) is 5.44. The fraction of sp³-hybridized carbons (Fsp3) is 0.500. The van der Waals surface area contributed by atoms with Gasteiger partial charge in [-0.1, -0.05) is 6.42 Å². The molecule has 1 saturated carbocycles. The Kier molecular flexibility index (Phi) is 4.24. The Bertz CT molecular complexity index is 806. The molecule has 1 aliphatic carbocycles. The van der Waals surface area contributed by atoms with Crippen LogP contribution in [-0.4, -0.2) is 47.8 Å². The maximum Gasteiger partial charge on any atom is 0.253 e. The highest BCUT2D eigenvalue weighted by atomic mass is 16.3. The molecule has 0 atom stereocenters. The summed E-state index contributed by atoms with van der Waals surface area (Å²) in [7, 11) is 0. The second-order valence-corrected chi connectivity index (χ2v) is 7.21. The second-order valence-electron chi connectivity index (χ2n) is 7.21. The van der Waals surface area contributed by atoms with E-state index >= 15 is 0 Å². The number of aryl methyl sites for hydroxylation is 1. The number of nitrogens with zero attached hydrogens (tertiary/aromatic N) is 2. The summed E-state index contributed by atoms with van der Waals surface area (Å²) in [6, 6.07) is 7.54. The molecule has 5 heteroatoms. The van der Waals surface area contributed by atoms with Crippen LogP contribution in [0.15, 0.2) is 28.7 Å². The fourth-order valence-corrected chi connectivity index (χ4v) is 3.75. The van der Waals surface area contributed by atoms with E-state index in [9.17, 15) is 9.59 Å². The van der Waals surface area contributed by atoms with Crippen molar-refractivity contribution in [3.05, 3.63) is 35.6 Å². The van der Waals surface area contributed by atoms with Gasteiger partial charge in [0.1, 0.15) is 11.3 Å². The first kappa shape index (κ1) is 16.2. The van der Waals surface area contributed by atoms with Gasteiger partial charge in [0.2, 0.25) is 5.91 Å². The molecule has 0 N–H and O–H groups in total. The van der Waals surface area contributed by atoms with E-state index in [1.807, 2.05) is 41.0 Å². The number of amides is 2. The predicted molar refractivity (Wildman–Crippen MR) is 95.4 cm³/mol. The van der Waals surface area contributed by atoms with Gasteiger partial charge >= 0.3 is 0 Å². The third kappa shape index (κ3) is 3.15. The molecule has 0 bridgehead atoms. The minimum atomic E-state index is 0.0405. The van der Waals surface area contributed by atoms with E-state index in [1.54, 1.807) is 0 Å². The summed E-state index contributed by atoms with van der Waals surface area (Å²) in [5.41, 5.74) is 1.49. The maximum absolute atomic E-state index is 12.9. The Hall–Kier alpha value is -2.30. The lowest BCUT2D eigenvalue weighted by molar-refractivity contribution is -0.138. The molecule has 0 radical (unpaired) electrons. The molecule has 2 heterocycles. The number of carbonyl (C=O) groups excluding carboxylic acids is 2. The van der Waals surface area contributed by atoms with Crippen molar-refractivity contribution < 1.29 is 14.0 Å². The Morgan fingerprint density at radius 1 is 1.00 bits per heavy atom. The van der Waals surface area contributed by atoms with E-state index in [-0.39, 0.29) is 17.7 Å². The summed E-state index contributed by atoms with van der Waals surface area (Å²) in [4.78, 5) is 29.1. The zero-order valence-corrected chi connectivity index (χ0v) is 14.7. The van der Waals surface area contributed by atoms with Gasteiger partial charge in [0, 0.05) is 43.0 Å². The Labute approximate surface area is 147 Å². The molecule has 2 amide bonds. The summed E-state index contributed by atoms with van der Waals surface area (Å²) in [5.74, 6) is 1.41. The maximum atomic E-state index is 12.9. The smallest absolute Gasteiger partial charge is 0.253 e. The van der Waals surface area contributed by atoms with Crippen molar-refractivity contribution in [2.24, 2.45) is 5.92 Å². The SMILES string of the molecule is Cc1cc2cc(C(=O)N3CCCN(C(=O)C4CCC4)CC3)ccc2o1. The minimum Gasteiger partial charge on any atom is -0.461 e. The van der Waals surface area contributed by atoms with Gasteiger partial charge in [-0.05, 0) is 50.5 Å². The standard InChI is InChI=1S/C20H24N2O3/c1-14-12-17-13-16(6-7-18(17)25-14)20(24)22-9-3-8-21(10-11-22)19(23)15-4-2-5-15/h6-7,12-13,15H,2-5,8-11H2,1H3. The van der Waals surface area contributed by atoms with E-state index in [1.165, 1.54) is 6.42 Å². The zero-order valence-electron chi connectivity index (χ0n) is 14.7. The normalized spacial score (nSPS) is 18.9. The van der Waals surface area contributed by atoms with E-state index in [2.05, 4.69) is 0 Å². The number of hydrogen-bond acceptors (Lipinski definition) is 3. The second kappa shape index (κ2) is 6.54. The topological polar surface area (TPSA) is 53.8 Å². The van der Waals surface area contributed by atoms with Gasteiger partial charge in [0.05, 0.1) is 0 Å². The molecule has 132 valence electrons. The average Bonchev–Trinajstić information content (AvgIpc) is 2.76. The number of fused-ring (bicyclic) bond motifs is 1. The van der Waals surface area contributed by atoms with Crippen LogP contribution in [-0.2, 0) is 4.79 Å². The monoisotopic (exact) mass is 340 g/mol. The largest absolute Gasteiger partial charge is 0.461 e. The molecular weight excluding hydrogens is 316 g/mol. The first-order valence-corrected chi connectivity index (χ1v) is 9.20. The number of benzene rings is 1. The van der Waals surface area contributed by atoms with Gasteiger partial charge in [-0.3, -0.25) is 9.59 Å². The number of furan rings is 1. The Morgan fingerprint density at radius 3 is 2.52 bits per heavy atom. The summed E-state index contributed by atoms with van der Waals surface area (Å²) >= 11 is 0. The molecule has 1 aliphatic heterocycles. The van der Waals surface area contributed by atoms with E-state index in [0.717, 1.165) is 42.5 Å². The molecular formula is C20H24N2O3. The highest BCUT2D eigenvalue weighted by molar-refractivity contribution is 5.98. The average molecular weight is 340 g/mol. The zero-order chi connectivity index (χ0) is 17.4. The van der Waals surface area contributed by atoms with Gasteiger partial charge < -0.3 is 14.2 Å². The lowest BCUT2D eigenvalue weighted by Crippen LogP contribution is -2.41. The van der Waals surface area contributed by atoms with Gasteiger partial charge in [0.15, 0.2) is 0 Å². The first-order chi connectivity index (χ1) is 12.1. The third-order valence-electron chi connectivity index (χ3n) is 5.44. The molecule has 2 aromatic rings. The highest BCUT2D eigenvalue weighted by Crippen LogP contribution is 2.28. The van der Waals surface area contributed by atoms with Crippen LogP contribution in [0.25, 0.3) is 11.0 Å². The van der Waals surface area contributed by atoms with Crippen molar-refractivity contribution in [2.75, 3.05) is 26.2 Å². The molecule has 5 nitrogen and oxygen atoms in total. The van der Waals surface area contributed by atoms with Gasteiger partial charge in [-0.25, -0.2) is 0 Å². The lowest BCUT2D eigenvalue weighted by atomic mass is 9.84. The molecule has 2 aliphatic rings. The first-order valence-electron chi connectivity index (χ1n) is 9.20. The quantitative estimate of drug-likeness (QED) is 0.843. The van der Waals surface area contributed by atoms with E-state index in [4.69, 9.17) is 4.42 Å². The summed E-state index contributed by atoms with van der Waals surface area (Å²) < 4.78 is 5.58. The van der Waals surface area contributed by atoms with Crippen molar-refractivity contribution >= 4 is 22.8 Å². The van der Waals surface area contributed by atoms with Crippen LogP contribution in [0.4, 0.5) is 0 Å². The number of rotatable bonds is 2. The summed E-state index contributed by atoms with van der Waals surface area (Å²) in [6.45, 7) is 4.63. The van der Waals surface area contributed by atoms with Crippen LogP contribution < -0.4 is 0 Å². The molecule has 1 aromatic carbocycles. The number of hydrogen-bond donors (Lipinski definition) is 0. The molecule has 0 spiro atoms. The number of carbonyl (C=O) groups is 2. The van der Waals surface area contributed by atoms with Crippen molar-refractivity contribution in [1.29, 1.82) is 0 Å². The fourth-order valence-electron chi connectivity index (χ4n) is 3.75. The summed E-state index contributed by atoms with van der Waals surface area (Å²) in [5, 5.41) is 0.958. The lowest BCUT2D eigenvalue weighted by Gasteiger charge is -2.31. The van der Waals surface area contributed by atoms with E-state index < -0.39 is 0 Å². The Balaban J connectivity index is 1.45. The van der Waals surface area contributed by atoms with Crippen LogP contribution >= 0.6 is 0 Å². The van der Waals surface area contributed by atoms with Crippen LogP contribution in [0.5, 0.6) is 0 Å². The predicted octanol–water partition coefficient (Wildman–Crippen LogP) is 3.22. The van der Waals surface area contributed by atoms with Crippen molar-refractivity contribution in [3.8, 4) is 0 Å². The van der Waals surface area contributed by atoms with E-state index in [0.29, 0.717) is 25.2 Å². The van der Waals surface area contributed by atoms with Crippen LogP contribution in [0.3, 0.4) is 0 Å². The van der Waals surface area contributed by atoms with Crippen LogP contribution in [0.1, 0.15) is 41.8 Å². The van der Waals surface area contributed by atoms with Crippen molar-refractivity contribution in [3.63, 3.8) is 0 Å². The minimum absolute atomic E-state index is 0.0405. The molecule has 0 unspecified atom stereocenters. The van der Waals surface area contributed by atoms with Gasteiger partial charge in [-0.15, -0.1) is 0 Å². The molecule has 2 fully saturated rings. The summed E-state index contributed by atoms with van der Waals surface area (Å²) in [6.07, 6.45) is 4.08. The van der Waals surface area contributed by atoms with Crippen molar-refractivity contribution in [1.82, 2.24) is 9.80 Å². The van der Waals surface area contributed by atoms with Crippen LogP contribution in [0, 0.1) is 12.8 Å². The molecule has 4 rings (SSSR count). The van der Waals surface area contributed by atoms with Gasteiger partial charge in [0.25, 0.3) is 5.91 Å². The molecule has 1 saturated heterocycles. The molecule has 25 heavy (non-hydrogen) atoms. The molecule has 1 aromatic heterocycles. The highest BCUT2D eigenvalue weighted by Gasteiger charge is 2.31. The van der Waals surface area contributed by atoms with Gasteiger partial charge in [-0.2, -0.15) is 0 Å². The Morgan fingerprint density at radius 2 is 1.76 bits per heavy atom. The van der Waals surface area contributed by atoms with Crippen molar-refractivity contribution in [2.45, 2.75) is 32.6 Å².